The molecule has 0 aliphatic heterocycles. The Bertz CT molecular complexity index is 701. The zero-order valence-electron chi connectivity index (χ0n) is 14.2. The molecule has 7 heteroatoms. The molecule has 1 heterocycles. The molecule has 25 heavy (non-hydrogen) atoms. The van der Waals surface area contributed by atoms with Crippen LogP contribution < -0.4 is 14.8 Å². The van der Waals surface area contributed by atoms with E-state index in [0.717, 1.165) is 11.5 Å². The number of ether oxygens (including phenoxy) is 2. The number of thioether (sulfide) groups is 1. The topological polar surface area (TPSA) is 64.6 Å². The van der Waals surface area contributed by atoms with Gasteiger partial charge in [0.2, 0.25) is 0 Å². The van der Waals surface area contributed by atoms with E-state index >= 15 is 0 Å². The van der Waals surface area contributed by atoms with E-state index < -0.39 is 0 Å². The monoisotopic (exact) mass is 379 g/mol. The smallest absolute Gasteiger partial charge is 0.257 e. The summed E-state index contributed by atoms with van der Waals surface area (Å²) < 4.78 is 10.7. The van der Waals surface area contributed by atoms with Crippen LogP contribution in [0, 0.1) is 0 Å². The first-order valence-corrected chi connectivity index (χ1v) is 9.87. The second-order valence-corrected chi connectivity index (χ2v) is 7.13. The highest BCUT2D eigenvalue weighted by Crippen LogP contribution is 2.28. The summed E-state index contributed by atoms with van der Waals surface area (Å²) in [5.41, 5.74) is 1.85. The van der Waals surface area contributed by atoms with Crippen molar-refractivity contribution in [2.24, 2.45) is 0 Å². The summed E-state index contributed by atoms with van der Waals surface area (Å²) in [4.78, 5) is 23.2. The van der Waals surface area contributed by atoms with Crippen molar-refractivity contribution in [3.8, 4) is 11.5 Å². The number of rotatable bonds is 10. The summed E-state index contributed by atoms with van der Waals surface area (Å²) in [7, 11) is 1.50. The van der Waals surface area contributed by atoms with Crippen molar-refractivity contribution in [1.29, 1.82) is 0 Å². The number of ketones is 1. The van der Waals surface area contributed by atoms with E-state index in [-0.39, 0.29) is 18.3 Å². The van der Waals surface area contributed by atoms with Gasteiger partial charge in [-0.25, -0.2) is 0 Å². The Morgan fingerprint density at radius 1 is 1.24 bits per heavy atom. The van der Waals surface area contributed by atoms with Crippen molar-refractivity contribution < 1.29 is 19.1 Å². The maximum absolute atomic E-state index is 11.8. The molecule has 1 amide bonds. The molecular weight excluding hydrogens is 358 g/mol. The summed E-state index contributed by atoms with van der Waals surface area (Å²) in [5.74, 6) is 2.44. The first kappa shape index (κ1) is 19.3. The van der Waals surface area contributed by atoms with E-state index in [1.807, 2.05) is 0 Å². The van der Waals surface area contributed by atoms with Gasteiger partial charge in [0.1, 0.15) is 0 Å². The SMILES string of the molecule is COc1cc(C(C)=O)ccc1OCC(=O)NCCSCc1ccsc1. The van der Waals surface area contributed by atoms with Crippen LogP contribution >= 0.6 is 23.1 Å². The van der Waals surface area contributed by atoms with E-state index in [1.165, 1.54) is 19.6 Å². The molecular formula is C18H21NO4S2. The summed E-state index contributed by atoms with van der Waals surface area (Å²) in [5, 5.41) is 7.01. The summed E-state index contributed by atoms with van der Waals surface area (Å²) in [6.45, 7) is 1.99. The van der Waals surface area contributed by atoms with Gasteiger partial charge in [-0.15, -0.1) is 0 Å². The van der Waals surface area contributed by atoms with Gasteiger partial charge in [-0.1, -0.05) is 0 Å². The minimum atomic E-state index is -0.186. The molecule has 0 saturated heterocycles. The van der Waals surface area contributed by atoms with Gasteiger partial charge in [-0.2, -0.15) is 23.1 Å². The lowest BCUT2D eigenvalue weighted by atomic mass is 10.1. The van der Waals surface area contributed by atoms with Crippen LogP contribution in [0.3, 0.4) is 0 Å². The van der Waals surface area contributed by atoms with Gasteiger partial charge in [0.15, 0.2) is 23.9 Å². The van der Waals surface area contributed by atoms with Gasteiger partial charge >= 0.3 is 0 Å². The van der Waals surface area contributed by atoms with Crippen LogP contribution in [-0.2, 0) is 10.5 Å². The second-order valence-electron chi connectivity index (χ2n) is 5.24. The second kappa shape index (κ2) is 10.1. The van der Waals surface area contributed by atoms with Gasteiger partial charge in [-0.05, 0) is 47.5 Å². The third-order valence-electron chi connectivity index (χ3n) is 3.35. The standard InChI is InChI=1S/C18H21NO4S2/c1-13(20)15-3-4-16(17(9-15)22-2)23-10-18(21)19-6-8-25-12-14-5-7-24-11-14/h3-5,7,9,11H,6,8,10,12H2,1-2H3,(H,19,21). The quantitative estimate of drug-likeness (QED) is 0.506. The number of amides is 1. The molecule has 0 atom stereocenters. The van der Waals surface area contributed by atoms with Crippen molar-refractivity contribution in [1.82, 2.24) is 5.32 Å². The van der Waals surface area contributed by atoms with E-state index in [9.17, 15) is 9.59 Å². The Labute approximate surface area is 155 Å². The zero-order valence-corrected chi connectivity index (χ0v) is 15.9. The molecule has 0 saturated carbocycles. The van der Waals surface area contributed by atoms with Crippen molar-refractivity contribution in [2.45, 2.75) is 12.7 Å². The van der Waals surface area contributed by atoms with Gasteiger partial charge < -0.3 is 14.8 Å². The number of methoxy groups -OCH3 is 1. The molecule has 134 valence electrons. The molecule has 0 aliphatic carbocycles. The minimum Gasteiger partial charge on any atom is -0.493 e. The normalized spacial score (nSPS) is 10.3. The lowest BCUT2D eigenvalue weighted by Crippen LogP contribution is -2.30. The predicted octanol–water partition coefficient (Wildman–Crippen LogP) is 3.39. The molecule has 0 unspecified atom stereocenters. The Balaban J connectivity index is 1.69. The first-order valence-electron chi connectivity index (χ1n) is 7.77. The summed E-state index contributed by atoms with van der Waals surface area (Å²) in [6, 6.07) is 7.00. The van der Waals surface area contributed by atoms with E-state index in [2.05, 4.69) is 22.1 Å². The fourth-order valence-corrected chi connectivity index (χ4v) is 3.61. The van der Waals surface area contributed by atoms with Crippen LogP contribution in [-0.4, -0.2) is 37.7 Å². The minimum absolute atomic E-state index is 0.0532. The third kappa shape index (κ3) is 6.43. The van der Waals surface area contributed by atoms with Gasteiger partial charge in [0.25, 0.3) is 5.91 Å². The number of thiophene rings is 1. The Morgan fingerprint density at radius 2 is 2.08 bits per heavy atom. The molecule has 1 aromatic heterocycles. The predicted molar refractivity (Wildman–Crippen MR) is 102 cm³/mol. The number of carbonyl (C=O) groups is 2. The van der Waals surface area contributed by atoms with Crippen molar-refractivity contribution in [3.63, 3.8) is 0 Å². The molecule has 0 bridgehead atoms. The van der Waals surface area contributed by atoms with Gasteiger partial charge in [0, 0.05) is 23.6 Å². The highest BCUT2D eigenvalue weighted by atomic mass is 32.2. The average Bonchev–Trinajstić information content (AvgIpc) is 3.12. The first-order chi connectivity index (χ1) is 12.1. The molecule has 2 rings (SSSR count). The molecule has 0 aliphatic rings. The molecule has 0 fully saturated rings. The number of benzene rings is 1. The number of hydrogen-bond donors (Lipinski definition) is 1. The van der Waals surface area contributed by atoms with Crippen LogP contribution in [0.25, 0.3) is 0 Å². The Hall–Kier alpha value is -1.99. The van der Waals surface area contributed by atoms with Crippen LogP contribution in [0.4, 0.5) is 0 Å². The summed E-state index contributed by atoms with van der Waals surface area (Å²) >= 11 is 3.47. The van der Waals surface area contributed by atoms with E-state index in [4.69, 9.17) is 9.47 Å². The molecule has 0 spiro atoms. The van der Waals surface area contributed by atoms with Crippen molar-refractivity contribution >= 4 is 34.8 Å². The lowest BCUT2D eigenvalue weighted by Gasteiger charge is -2.11. The number of Topliss-reactive ketones (excluding diaryl/α,β-unsaturated/α-hetero) is 1. The summed E-state index contributed by atoms with van der Waals surface area (Å²) in [6.07, 6.45) is 0. The Morgan fingerprint density at radius 3 is 2.76 bits per heavy atom. The van der Waals surface area contributed by atoms with Crippen LogP contribution in [0.1, 0.15) is 22.8 Å². The molecule has 5 nitrogen and oxygen atoms in total. The molecule has 2 aromatic rings. The lowest BCUT2D eigenvalue weighted by molar-refractivity contribution is -0.122. The van der Waals surface area contributed by atoms with Crippen LogP contribution in [0.2, 0.25) is 0 Å². The average molecular weight is 380 g/mol. The number of carbonyl (C=O) groups excluding carboxylic acids is 2. The maximum Gasteiger partial charge on any atom is 0.257 e. The fourth-order valence-electron chi connectivity index (χ4n) is 2.03. The maximum atomic E-state index is 11.8. The van der Waals surface area contributed by atoms with Crippen LogP contribution in [0.15, 0.2) is 35.0 Å². The highest BCUT2D eigenvalue weighted by Gasteiger charge is 2.10. The van der Waals surface area contributed by atoms with Gasteiger partial charge in [-0.3, -0.25) is 9.59 Å². The van der Waals surface area contributed by atoms with Gasteiger partial charge in [0.05, 0.1) is 7.11 Å². The molecule has 0 radical (unpaired) electrons. The zero-order chi connectivity index (χ0) is 18.1. The fraction of sp³-hybridized carbons (Fsp3) is 0.333. The number of hydrogen-bond acceptors (Lipinski definition) is 6. The Kier molecular flexibility index (Phi) is 7.81. The van der Waals surface area contributed by atoms with Crippen molar-refractivity contribution in [3.05, 3.63) is 46.2 Å². The number of nitrogens with one attached hydrogen (secondary N) is 1. The van der Waals surface area contributed by atoms with E-state index in [1.54, 1.807) is 41.3 Å². The molecule has 1 N–H and O–H groups in total. The van der Waals surface area contributed by atoms with Crippen molar-refractivity contribution in [2.75, 3.05) is 26.0 Å². The molecule has 1 aromatic carbocycles. The van der Waals surface area contributed by atoms with Crippen LogP contribution in [0.5, 0.6) is 11.5 Å². The third-order valence-corrected chi connectivity index (χ3v) is 5.11. The highest BCUT2D eigenvalue weighted by molar-refractivity contribution is 7.98. The largest absolute Gasteiger partial charge is 0.493 e. The van der Waals surface area contributed by atoms with E-state index in [0.29, 0.717) is 23.6 Å².